The third-order valence-electron chi connectivity index (χ3n) is 5.57. The lowest BCUT2D eigenvalue weighted by molar-refractivity contribution is 0.898. The van der Waals surface area contributed by atoms with Gasteiger partial charge in [-0.15, -0.1) is 0 Å². The maximum atomic E-state index is 4.96. The van der Waals surface area contributed by atoms with Crippen LogP contribution >= 0.6 is 11.3 Å². The zero-order valence-electron chi connectivity index (χ0n) is 19.4. The molecule has 170 valence electrons. The molecule has 5 heterocycles. The van der Waals surface area contributed by atoms with Crippen LogP contribution in [0.15, 0.2) is 72.2 Å². The summed E-state index contributed by atoms with van der Waals surface area (Å²) < 4.78 is 0. The number of hydrogen-bond acceptors (Lipinski definition) is 5. The first-order valence-corrected chi connectivity index (χ1v) is 12.1. The minimum absolute atomic E-state index is 0.326. The highest BCUT2D eigenvalue weighted by atomic mass is 32.1. The second-order valence-electron chi connectivity index (χ2n) is 8.48. The quantitative estimate of drug-likeness (QED) is 0.230. The van der Waals surface area contributed by atoms with Gasteiger partial charge in [-0.2, -0.15) is 16.4 Å². The second kappa shape index (κ2) is 9.11. The minimum Gasteiger partial charge on any atom is -0.382 e. The Kier molecular flexibility index (Phi) is 5.86. The van der Waals surface area contributed by atoms with Crippen LogP contribution in [0.25, 0.3) is 39.3 Å². The van der Waals surface area contributed by atoms with Crippen LogP contribution in [0.3, 0.4) is 0 Å². The topological polar surface area (TPSA) is 82.3 Å². The van der Waals surface area contributed by atoms with Crippen LogP contribution in [-0.2, 0) is 0 Å². The van der Waals surface area contributed by atoms with Crippen LogP contribution in [0.5, 0.6) is 0 Å². The van der Waals surface area contributed by atoms with Gasteiger partial charge in [-0.05, 0) is 73.0 Å². The number of pyridine rings is 2. The van der Waals surface area contributed by atoms with Crippen LogP contribution < -0.4 is 5.32 Å². The summed E-state index contributed by atoms with van der Waals surface area (Å²) in [6.07, 6.45) is 7.54. The summed E-state index contributed by atoms with van der Waals surface area (Å²) in [6, 6.07) is 10.7. The zero-order valence-corrected chi connectivity index (χ0v) is 20.2. The molecule has 0 spiro atoms. The lowest BCUT2D eigenvalue weighted by Crippen LogP contribution is -2.09. The van der Waals surface area contributed by atoms with Gasteiger partial charge >= 0.3 is 0 Å². The molecule has 0 fully saturated rings. The third-order valence-corrected chi connectivity index (χ3v) is 6.26. The smallest absolute Gasteiger partial charge is 0.135 e. The third kappa shape index (κ3) is 4.18. The van der Waals surface area contributed by atoms with E-state index in [1.165, 1.54) is 5.56 Å². The van der Waals surface area contributed by atoms with Crippen molar-refractivity contribution in [1.82, 2.24) is 25.1 Å². The lowest BCUT2D eigenvalue weighted by atomic mass is 10.00. The number of aromatic nitrogens is 5. The fraction of sp³-hybridized carbons (Fsp3) is 0.148. The monoisotopic (exact) mass is 466 g/mol. The molecular formula is C27H26N6S. The van der Waals surface area contributed by atoms with Crippen LogP contribution in [0.1, 0.15) is 30.7 Å². The molecule has 0 aliphatic rings. The Bertz CT molecular complexity index is 1490. The average Bonchev–Trinajstić information content (AvgIpc) is 3.57. The van der Waals surface area contributed by atoms with Gasteiger partial charge in [0.2, 0.25) is 0 Å². The number of rotatable bonds is 7. The number of allylic oxidation sites excluding steroid dienone is 2. The molecule has 0 unspecified atom stereocenters. The van der Waals surface area contributed by atoms with Gasteiger partial charge in [0.25, 0.3) is 0 Å². The molecule has 0 saturated carbocycles. The fourth-order valence-corrected chi connectivity index (χ4v) is 4.74. The number of anilines is 1. The highest BCUT2D eigenvalue weighted by Gasteiger charge is 2.17. The first-order valence-electron chi connectivity index (χ1n) is 11.2. The number of fused-ring (bicyclic) bond motifs is 1. The van der Waals surface area contributed by atoms with Crippen molar-refractivity contribution in [2.24, 2.45) is 0 Å². The van der Waals surface area contributed by atoms with Crippen molar-refractivity contribution in [2.75, 3.05) is 5.32 Å². The highest BCUT2D eigenvalue weighted by Crippen LogP contribution is 2.33. The Morgan fingerprint density at radius 2 is 2.06 bits per heavy atom. The van der Waals surface area contributed by atoms with Gasteiger partial charge in [-0.1, -0.05) is 18.7 Å². The molecule has 6 nitrogen and oxygen atoms in total. The van der Waals surface area contributed by atoms with E-state index in [0.717, 1.165) is 56.2 Å². The molecule has 5 aromatic rings. The van der Waals surface area contributed by atoms with Crippen molar-refractivity contribution in [3.8, 4) is 22.6 Å². The molecule has 5 aromatic heterocycles. The maximum Gasteiger partial charge on any atom is 0.135 e. The van der Waals surface area contributed by atoms with Gasteiger partial charge in [0, 0.05) is 35.3 Å². The van der Waals surface area contributed by atoms with E-state index in [-0.39, 0.29) is 0 Å². The van der Waals surface area contributed by atoms with E-state index in [2.05, 4.69) is 81.8 Å². The summed E-state index contributed by atoms with van der Waals surface area (Å²) in [6.45, 7) is 10.2. The van der Waals surface area contributed by atoms with Gasteiger partial charge in [0.15, 0.2) is 0 Å². The van der Waals surface area contributed by atoms with E-state index in [0.29, 0.717) is 6.04 Å². The number of thiophene rings is 1. The largest absolute Gasteiger partial charge is 0.382 e. The number of H-pyrrole nitrogens is 2. The van der Waals surface area contributed by atoms with Gasteiger partial charge in [0.1, 0.15) is 11.2 Å². The molecule has 0 aliphatic carbocycles. The maximum absolute atomic E-state index is 4.96. The van der Waals surface area contributed by atoms with E-state index < -0.39 is 0 Å². The summed E-state index contributed by atoms with van der Waals surface area (Å²) in [7, 11) is 0. The Balaban J connectivity index is 1.57. The Labute approximate surface area is 202 Å². The van der Waals surface area contributed by atoms with E-state index in [1.807, 2.05) is 36.7 Å². The number of aryl methyl sites for hydroxylation is 1. The van der Waals surface area contributed by atoms with Crippen molar-refractivity contribution >= 4 is 33.6 Å². The van der Waals surface area contributed by atoms with Gasteiger partial charge in [-0.3, -0.25) is 10.1 Å². The number of nitrogens with zero attached hydrogens (tertiary/aromatic N) is 3. The van der Waals surface area contributed by atoms with Crippen molar-refractivity contribution in [3.63, 3.8) is 0 Å². The standard InChI is InChI=1S/C27H26N6S/c1-5-6-21(18-9-10-34-15-18)22-12-25(30-17(22)4)27-26-24(32-33-27)8-7-23(31-26)19-11-20(14-28-13-19)29-16(2)3/h5-16,29-30H,1H2,2-4H3,(H,32,33)/b21-6-. The van der Waals surface area contributed by atoms with Crippen molar-refractivity contribution < 1.29 is 0 Å². The molecule has 7 heteroatoms. The van der Waals surface area contributed by atoms with Crippen LogP contribution in [0.4, 0.5) is 5.69 Å². The molecule has 0 aromatic carbocycles. The van der Waals surface area contributed by atoms with Gasteiger partial charge in [0.05, 0.1) is 22.6 Å². The molecular weight excluding hydrogens is 440 g/mol. The lowest BCUT2D eigenvalue weighted by Gasteiger charge is -2.10. The SMILES string of the molecule is C=C/C=C(/c1ccsc1)c1cc(-c2n[nH]c3ccc(-c4cncc(NC(C)C)c4)nc23)[nH]c1C. The first-order chi connectivity index (χ1) is 16.5. The number of hydrogen-bond donors (Lipinski definition) is 3. The highest BCUT2D eigenvalue weighted by molar-refractivity contribution is 7.08. The normalized spacial score (nSPS) is 11.9. The van der Waals surface area contributed by atoms with Gasteiger partial charge < -0.3 is 10.3 Å². The molecule has 34 heavy (non-hydrogen) atoms. The van der Waals surface area contributed by atoms with E-state index >= 15 is 0 Å². The number of nitrogens with one attached hydrogen (secondary N) is 3. The first kappa shape index (κ1) is 21.9. The molecule has 0 atom stereocenters. The summed E-state index contributed by atoms with van der Waals surface area (Å²) in [5.74, 6) is 0. The number of aromatic amines is 2. The molecule has 0 saturated heterocycles. The molecule has 0 bridgehead atoms. The Morgan fingerprint density at radius 1 is 1.18 bits per heavy atom. The molecule has 5 rings (SSSR count). The summed E-state index contributed by atoms with van der Waals surface area (Å²) >= 11 is 1.68. The Morgan fingerprint density at radius 3 is 2.82 bits per heavy atom. The van der Waals surface area contributed by atoms with E-state index in [1.54, 1.807) is 11.3 Å². The van der Waals surface area contributed by atoms with Gasteiger partial charge in [-0.25, -0.2) is 4.98 Å². The second-order valence-corrected chi connectivity index (χ2v) is 9.26. The summed E-state index contributed by atoms with van der Waals surface area (Å²) in [5, 5.41) is 15.4. The van der Waals surface area contributed by atoms with Crippen LogP contribution in [0, 0.1) is 6.92 Å². The fourth-order valence-electron chi connectivity index (χ4n) is 4.08. The van der Waals surface area contributed by atoms with Crippen molar-refractivity contribution in [3.05, 3.63) is 89.0 Å². The average molecular weight is 467 g/mol. The molecule has 0 amide bonds. The molecule has 0 radical (unpaired) electrons. The van der Waals surface area contributed by atoms with E-state index in [4.69, 9.17) is 4.98 Å². The summed E-state index contributed by atoms with van der Waals surface area (Å²) in [4.78, 5) is 12.9. The molecule has 0 aliphatic heterocycles. The van der Waals surface area contributed by atoms with Crippen molar-refractivity contribution in [1.29, 1.82) is 0 Å². The zero-order chi connectivity index (χ0) is 23.7. The van der Waals surface area contributed by atoms with E-state index in [9.17, 15) is 0 Å². The van der Waals surface area contributed by atoms with Crippen molar-refractivity contribution in [2.45, 2.75) is 26.8 Å². The van der Waals surface area contributed by atoms with Crippen LogP contribution in [0.2, 0.25) is 0 Å². The summed E-state index contributed by atoms with van der Waals surface area (Å²) in [5.41, 5.74) is 10.7. The Hall–Kier alpha value is -3.97. The minimum atomic E-state index is 0.326. The predicted octanol–water partition coefficient (Wildman–Crippen LogP) is 6.82. The predicted molar refractivity (Wildman–Crippen MR) is 142 cm³/mol. The van der Waals surface area contributed by atoms with Crippen LogP contribution in [-0.4, -0.2) is 31.2 Å². The molecule has 3 N–H and O–H groups in total.